The van der Waals surface area contributed by atoms with Gasteiger partial charge in [-0.1, -0.05) is 11.6 Å². The maximum atomic E-state index is 10.8. The van der Waals surface area contributed by atoms with Crippen LogP contribution in [0.25, 0.3) is 11.4 Å². The van der Waals surface area contributed by atoms with E-state index in [0.29, 0.717) is 16.4 Å². The molecule has 0 saturated heterocycles. The van der Waals surface area contributed by atoms with Gasteiger partial charge in [0.2, 0.25) is 0 Å². The average molecular weight is 223 g/mol. The first-order valence-electron chi connectivity index (χ1n) is 4.20. The van der Waals surface area contributed by atoms with Gasteiger partial charge in [0.15, 0.2) is 0 Å². The molecule has 1 aromatic heterocycles. The summed E-state index contributed by atoms with van der Waals surface area (Å²) in [5.74, 6) is -0.412. The minimum atomic E-state index is -1.01. The van der Waals surface area contributed by atoms with Gasteiger partial charge < -0.3 is 10.1 Å². The van der Waals surface area contributed by atoms with E-state index in [1.807, 2.05) is 0 Å². The summed E-state index contributed by atoms with van der Waals surface area (Å²) < 4.78 is 0. The second-order valence-corrected chi connectivity index (χ2v) is 3.41. The van der Waals surface area contributed by atoms with Crippen LogP contribution in [0.15, 0.2) is 30.6 Å². The van der Waals surface area contributed by atoms with E-state index in [9.17, 15) is 4.79 Å². The molecule has 4 nitrogen and oxygen atoms in total. The van der Waals surface area contributed by atoms with Gasteiger partial charge >= 0.3 is 5.97 Å². The van der Waals surface area contributed by atoms with Crippen LogP contribution in [0.4, 0.5) is 0 Å². The van der Waals surface area contributed by atoms with Crippen molar-refractivity contribution in [3.8, 4) is 11.4 Å². The number of carboxylic acid groups (broad SMARTS) is 1. The predicted octanol–water partition coefficient (Wildman–Crippen LogP) is 2.43. The molecule has 0 fully saturated rings. The highest BCUT2D eigenvalue weighted by Gasteiger charge is 2.08. The number of aromatic nitrogens is 2. The Morgan fingerprint density at radius 3 is 2.80 bits per heavy atom. The fraction of sp³-hybridized carbons (Fsp3) is 0. The second-order valence-electron chi connectivity index (χ2n) is 2.97. The molecular formula is C10H7ClN2O2. The van der Waals surface area contributed by atoms with Gasteiger partial charge in [-0.2, -0.15) is 0 Å². The molecule has 5 heteroatoms. The minimum Gasteiger partial charge on any atom is -0.478 e. The standard InChI is InChI=1S/C10H7ClN2O2/c11-8-4-6(9-12-1-2-13-9)3-7(5-8)10(14)15/h1-5H,(H,12,13)(H,14,15). The molecule has 0 amide bonds. The summed E-state index contributed by atoms with van der Waals surface area (Å²) in [6.45, 7) is 0. The van der Waals surface area contributed by atoms with Crippen LogP contribution >= 0.6 is 11.6 Å². The summed E-state index contributed by atoms with van der Waals surface area (Å²) in [6, 6.07) is 4.58. The van der Waals surface area contributed by atoms with Gasteiger partial charge in [0.05, 0.1) is 5.56 Å². The highest BCUT2D eigenvalue weighted by Crippen LogP contribution is 2.22. The Hall–Kier alpha value is -1.81. The second kappa shape index (κ2) is 3.74. The summed E-state index contributed by atoms with van der Waals surface area (Å²) in [5, 5.41) is 9.22. The number of hydrogen-bond donors (Lipinski definition) is 2. The summed E-state index contributed by atoms with van der Waals surface area (Å²) in [7, 11) is 0. The minimum absolute atomic E-state index is 0.147. The quantitative estimate of drug-likeness (QED) is 0.820. The zero-order valence-corrected chi connectivity index (χ0v) is 8.32. The third-order valence-corrected chi connectivity index (χ3v) is 2.13. The van der Waals surface area contributed by atoms with E-state index in [2.05, 4.69) is 9.97 Å². The van der Waals surface area contributed by atoms with Gasteiger partial charge in [0.25, 0.3) is 0 Å². The molecule has 0 aliphatic heterocycles. The van der Waals surface area contributed by atoms with Crippen molar-refractivity contribution in [2.45, 2.75) is 0 Å². The number of nitrogens with zero attached hydrogens (tertiary/aromatic N) is 1. The molecule has 15 heavy (non-hydrogen) atoms. The molecule has 1 heterocycles. The highest BCUT2D eigenvalue weighted by molar-refractivity contribution is 6.31. The number of rotatable bonds is 2. The fourth-order valence-corrected chi connectivity index (χ4v) is 1.51. The smallest absolute Gasteiger partial charge is 0.335 e. The number of H-pyrrole nitrogens is 1. The molecule has 2 N–H and O–H groups in total. The zero-order chi connectivity index (χ0) is 10.8. The van der Waals surface area contributed by atoms with Crippen molar-refractivity contribution in [3.05, 3.63) is 41.2 Å². The molecule has 2 rings (SSSR count). The number of nitrogens with one attached hydrogen (secondary N) is 1. The molecule has 2 aromatic rings. The maximum Gasteiger partial charge on any atom is 0.335 e. The number of aromatic carboxylic acids is 1. The van der Waals surface area contributed by atoms with Crippen LogP contribution in [0.5, 0.6) is 0 Å². The molecule has 0 bridgehead atoms. The van der Waals surface area contributed by atoms with E-state index < -0.39 is 5.97 Å². The average Bonchev–Trinajstić information content (AvgIpc) is 2.69. The molecular weight excluding hydrogens is 216 g/mol. The van der Waals surface area contributed by atoms with Gasteiger partial charge in [-0.15, -0.1) is 0 Å². The first-order valence-corrected chi connectivity index (χ1v) is 4.58. The van der Waals surface area contributed by atoms with Crippen molar-refractivity contribution in [2.75, 3.05) is 0 Å². The summed E-state index contributed by atoms with van der Waals surface area (Å²) in [4.78, 5) is 17.7. The van der Waals surface area contributed by atoms with Crippen molar-refractivity contribution in [1.29, 1.82) is 0 Å². The Morgan fingerprint density at radius 1 is 1.40 bits per heavy atom. The fourth-order valence-electron chi connectivity index (χ4n) is 1.27. The van der Waals surface area contributed by atoms with Gasteiger partial charge in [-0.25, -0.2) is 9.78 Å². The van der Waals surface area contributed by atoms with E-state index in [-0.39, 0.29) is 5.56 Å². The van der Waals surface area contributed by atoms with Crippen molar-refractivity contribution >= 4 is 17.6 Å². The largest absolute Gasteiger partial charge is 0.478 e. The summed E-state index contributed by atoms with van der Waals surface area (Å²) in [5.41, 5.74) is 0.804. The molecule has 76 valence electrons. The molecule has 0 spiro atoms. The van der Waals surface area contributed by atoms with Crippen LogP contribution in [0, 0.1) is 0 Å². The number of halogens is 1. The summed E-state index contributed by atoms with van der Waals surface area (Å²) >= 11 is 5.81. The number of carbonyl (C=O) groups is 1. The molecule has 0 aliphatic carbocycles. The zero-order valence-electron chi connectivity index (χ0n) is 7.57. The lowest BCUT2D eigenvalue weighted by atomic mass is 10.1. The number of hydrogen-bond acceptors (Lipinski definition) is 2. The van der Waals surface area contributed by atoms with Crippen molar-refractivity contribution in [1.82, 2.24) is 9.97 Å². The Labute approximate surface area is 90.5 Å². The van der Waals surface area contributed by atoms with E-state index >= 15 is 0 Å². The van der Waals surface area contributed by atoms with E-state index in [1.54, 1.807) is 18.5 Å². The SMILES string of the molecule is O=C(O)c1cc(Cl)cc(-c2ncc[nH]2)c1. The monoisotopic (exact) mass is 222 g/mol. The third kappa shape index (κ3) is 1.99. The lowest BCUT2D eigenvalue weighted by Gasteiger charge is -2.00. The van der Waals surface area contributed by atoms with Crippen LogP contribution in [-0.2, 0) is 0 Å². The molecule has 0 atom stereocenters. The Kier molecular flexibility index (Phi) is 2.43. The Morgan fingerprint density at radius 2 is 2.20 bits per heavy atom. The van der Waals surface area contributed by atoms with E-state index in [0.717, 1.165) is 0 Å². The van der Waals surface area contributed by atoms with Crippen molar-refractivity contribution < 1.29 is 9.90 Å². The molecule has 0 unspecified atom stereocenters. The Bertz CT molecular complexity index is 494. The van der Waals surface area contributed by atoms with Crippen LogP contribution in [-0.4, -0.2) is 21.0 Å². The predicted molar refractivity (Wildman–Crippen MR) is 56.0 cm³/mol. The lowest BCUT2D eigenvalue weighted by Crippen LogP contribution is -1.96. The van der Waals surface area contributed by atoms with E-state index in [1.165, 1.54) is 12.1 Å². The number of aromatic amines is 1. The molecule has 0 saturated carbocycles. The van der Waals surface area contributed by atoms with Gasteiger partial charge in [0, 0.05) is 23.0 Å². The maximum absolute atomic E-state index is 10.8. The molecule has 0 aliphatic rings. The molecule has 1 aromatic carbocycles. The summed E-state index contributed by atoms with van der Waals surface area (Å²) in [6.07, 6.45) is 3.26. The first-order chi connectivity index (χ1) is 7.16. The van der Waals surface area contributed by atoms with Crippen molar-refractivity contribution in [3.63, 3.8) is 0 Å². The van der Waals surface area contributed by atoms with Gasteiger partial charge in [-0.3, -0.25) is 0 Å². The molecule has 0 radical (unpaired) electrons. The van der Waals surface area contributed by atoms with E-state index in [4.69, 9.17) is 16.7 Å². The van der Waals surface area contributed by atoms with Crippen LogP contribution < -0.4 is 0 Å². The Balaban J connectivity index is 2.54. The number of carboxylic acids is 1. The van der Waals surface area contributed by atoms with Crippen LogP contribution in [0.2, 0.25) is 5.02 Å². The van der Waals surface area contributed by atoms with Gasteiger partial charge in [-0.05, 0) is 18.2 Å². The third-order valence-electron chi connectivity index (χ3n) is 1.92. The lowest BCUT2D eigenvalue weighted by molar-refractivity contribution is 0.0697. The normalized spacial score (nSPS) is 10.2. The van der Waals surface area contributed by atoms with Crippen molar-refractivity contribution in [2.24, 2.45) is 0 Å². The first kappa shape index (κ1) is 9.73. The van der Waals surface area contributed by atoms with Gasteiger partial charge in [0.1, 0.15) is 5.82 Å². The van der Waals surface area contributed by atoms with Crippen LogP contribution in [0.1, 0.15) is 10.4 Å². The van der Waals surface area contributed by atoms with Crippen LogP contribution in [0.3, 0.4) is 0 Å². The number of imidazole rings is 1. The number of benzene rings is 1. The highest BCUT2D eigenvalue weighted by atomic mass is 35.5. The topological polar surface area (TPSA) is 66.0 Å².